The maximum absolute atomic E-state index is 11.6. The molecule has 24 heavy (non-hydrogen) atoms. The molecule has 0 bridgehead atoms. The molecule has 1 aromatic carbocycles. The van der Waals surface area contributed by atoms with Crippen LogP contribution < -0.4 is 20.1 Å². The van der Waals surface area contributed by atoms with Gasteiger partial charge in [0.25, 0.3) is 0 Å². The fourth-order valence-electron chi connectivity index (χ4n) is 1.98. The Balaban J connectivity index is 1.83. The Labute approximate surface area is 142 Å². The van der Waals surface area contributed by atoms with Crippen LogP contribution in [-0.2, 0) is 6.54 Å². The molecule has 1 aromatic heterocycles. The monoisotopic (exact) mass is 329 g/mol. The first-order valence-electron chi connectivity index (χ1n) is 8.00. The number of nitrogens with one attached hydrogen (secondary N) is 2. The predicted molar refractivity (Wildman–Crippen MR) is 92.5 cm³/mol. The molecule has 2 rings (SSSR count). The summed E-state index contributed by atoms with van der Waals surface area (Å²) in [5.41, 5.74) is 0.902. The lowest BCUT2D eigenvalue weighted by Crippen LogP contribution is -2.35. The smallest absolute Gasteiger partial charge is 0.315 e. The van der Waals surface area contributed by atoms with E-state index in [2.05, 4.69) is 22.5 Å². The van der Waals surface area contributed by atoms with E-state index in [-0.39, 0.29) is 6.03 Å². The van der Waals surface area contributed by atoms with Gasteiger partial charge < -0.3 is 20.1 Å². The third-order valence-corrected chi connectivity index (χ3v) is 3.33. The van der Waals surface area contributed by atoms with Crippen molar-refractivity contribution < 1.29 is 14.3 Å². The number of amides is 2. The van der Waals surface area contributed by atoms with Gasteiger partial charge in [-0.15, -0.1) is 0 Å². The zero-order valence-electron chi connectivity index (χ0n) is 14.0. The number of pyridine rings is 1. The van der Waals surface area contributed by atoms with Gasteiger partial charge in [-0.25, -0.2) is 9.78 Å². The molecule has 6 nitrogen and oxygen atoms in total. The predicted octanol–water partition coefficient (Wildman–Crippen LogP) is 3.48. The molecular weight excluding hydrogens is 306 g/mol. The molecule has 2 amide bonds. The molecule has 0 spiro atoms. The minimum absolute atomic E-state index is 0.167. The Morgan fingerprint density at radius 3 is 2.71 bits per heavy atom. The molecule has 0 aliphatic carbocycles. The van der Waals surface area contributed by atoms with Crippen LogP contribution in [0.3, 0.4) is 0 Å². The van der Waals surface area contributed by atoms with Gasteiger partial charge in [0.15, 0.2) is 0 Å². The Morgan fingerprint density at radius 2 is 2.00 bits per heavy atom. The van der Waals surface area contributed by atoms with Gasteiger partial charge in [0.05, 0.1) is 7.11 Å². The summed E-state index contributed by atoms with van der Waals surface area (Å²) in [5, 5.41) is 5.60. The average molecular weight is 329 g/mol. The van der Waals surface area contributed by atoms with Gasteiger partial charge >= 0.3 is 6.03 Å². The fourth-order valence-corrected chi connectivity index (χ4v) is 1.98. The summed E-state index contributed by atoms with van der Waals surface area (Å²) in [6.07, 6.45) is 3.71. The van der Waals surface area contributed by atoms with Crippen LogP contribution in [0, 0.1) is 0 Å². The maximum atomic E-state index is 11.6. The van der Waals surface area contributed by atoms with E-state index in [0.29, 0.717) is 24.7 Å². The largest absolute Gasteiger partial charge is 0.497 e. The fraction of sp³-hybridized carbons (Fsp3) is 0.333. The molecule has 0 radical (unpaired) electrons. The molecule has 0 unspecified atom stereocenters. The van der Waals surface area contributed by atoms with E-state index in [0.717, 1.165) is 24.2 Å². The Hall–Kier alpha value is -2.76. The van der Waals surface area contributed by atoms with Crippen LogP contribution in [0.2, 0.25) is 0 Å². The zero-order valence-corrected chi connectivity index (χ0v) is 14.0. The van der Waals surface area contributed by atoms with E-state index in [1.807, 2.05) is 24.3 Å². The highest BCUT2D eigenvalue weighted by Crippen LogP contribution is 2.23. The van der Waals surface area contributed by atoms with Gasteiger partial charge in [0.1, 0.15) is 11.5 Å². The lowest BCUT2D eigenvalue weighted by atomic mass is 10.3. The normalized spacial score (nSPS) is 10.1. The molecule has 0 saturated heterocycles. The topological polar surface area (TPSA) is 72.5 Å². The minimum atomic E-state index is -0.167. The van der Waals surface area contributed by atoms with Crippen molar-refractivity contribution in [3.63, 3.8) is 0 Å². The second kappa shape index (κ2) is 9.39. The number of rotatable bonds is 8. The molecule has 0 saturated carbocycles. The summed E-state index contributed by atoms with van der Waals surface area (Å²) in [7, 11) is 1.61. The van der Waals surface area contributed by atoms with Crippen molar-refractivity contribution in [1.29, 1.82) is 0 Å². The molecule has 0 aliphatic rings. The first-order valence-corrected chi connectivity index (χ1v) is 8.00. The van der Waals surface area contributed by atoms with Gasteiger partial charge in [-0.05, 0) is 24.1 Å². The Morgan fingerprint density at radius 1 is 1.17 bits per heavy atom. The maximum Gasteiger partial charge on any atom is 0.315 e. The van der Waals surface area contributed by atoms with Crippen molar-refractivity contribution in [3.05, 3.63) is 48.2 Å². The van der Waals surface area contributed by atoms with Crippen molar-refractivity contribution in [1.82, 2.24) is 15.6 Å². The van der Waals surface area contributed by atoms with E-state index in [1.165, 1.54) is 0 Å². The van der Waals surface area contributed by atoms with Gasteiger partial charge in [0, 0.05) is 31.4 Å². The Bertz CT molecular complexity index is 644. The summed E-state index contributed by atoms with van der Waals surface area (Å²) < 4.78 is 10.8. The summed E-state index contributed by atoms with van der Waals surface area (Å²) in [6, 6.07) is 10.8. The summed E-state index contributed by atoms with van der Waals surface area (Å²) in [6.45, 7) is 3.19. The lowest BCUT2D eigenvalue weighted by Gasteiger charge is -2.08. The number of methoxy groups -OCH3 is 1. The molecule has 6 heteroatoms. The lowest BCUT2D eigenvalue weighted by molar-refractivity contribution is 0.240. The molecule has 128 valence electrons. The van der Waals surface area contributed by atoms with Gasteiger partial charge in [-0.3, -0.25) is 0 Å². The molecule has 0 fully saturated rings. The molecule has 2 aromatic rings. The zero-order chi connectivity index (χ0) is 17.2. The van der Waals surface area contributed by atoms with E-state index >= 15 is 0 Å². The molecular formula is C18H23N3O3. The van der Waals surface area contributed by atoms with E-state index < -0.39 is 0 Å². The third kappa shape index (κ3) is 5.79. The number of nitrogens with zero attached hydrogens (tertiary/aromatic N) is 1. The summed E-state index contributed by atoms with van der Waals surface area (Å²) >= 11 is 0. The van der Waals surface area contributed by atoms with Gasteiger partial charge in [0.2, 0.25) is 5.88 Å². The van der Waals surface area contributed by atoms with Crippen LogP contribution in [0.25, 0.3) is 0 Å². The highest BCUT2D eigenvalue weighted by Gasteiger charge is 2.03. The first kappa shape index (κ1) is 17.6. The molecule has 0 atom stereocenters. The SMILES string of the molecule is CCCCNC(=O)NCc1ccc(Oc2cccc(OC)c2)nc1. The number of hydrogen-bond acceptors (Lipinski definition) is 4. The Kier molecular flexibility index (Phi) is 6.89. The highest BCUT2D eigenvalue weighted by atomic mass is 16.5. The number of carbonyl (C=O) groups excluding carboxylic acids is 1. The van der Waals surface area contributed by atoms with Gasteiger partial charge in [-0.1, -0.05) is 25.5 Å². The number of unbranched alkanes of at least 4 members (excludes halogenated alkanes) is 1. The van der Waals surface area contributed by atoms with Crippen LogP contribution in [-0.4, -0.2) is 24.7 Å². The second-order valence-electron chi connectivity index (χ2n) is 5.25. The van der Waals surface area contributed by atoms with E-state index in [4.69, 9.17) is 9.47 Å². The van der Waals surface area contributed by atoms with Crippen LogP contribution in [0.4, 0.5) is 4.79 Å². The van der Waals surface area contributed by atoms with E-state index in [9.17, 15) is 4.79 Å². The van der Waals surface area contributed by atoms with Crippen molar-refractivity contribution in [2.24, 2.45) is 0 Å². The van der Waals surface area contributed by atoms with Crippen LogP contribution >= 0.6 is 0 Å². The quantitative estimate of drug-likeness (QED) is 0.727. The number of carbonyl (C=O) groups is 1. The van der Waals surface area contributed by atoms with Crippen molar-refractivity contribution in [3.8, 4) is 17.4 Å². The number of aromatic nitrogens is 1. The van der Waals surface area contributed by atoms with Crippen molar-refractivity contribution in [2.75, 3.05) is 13.7 Å². The first-order chi connectivity index (χ1) is 11.7. The highest BCUT2D eigenvalue weighted by molar-refractivity contribution is 5.73. The van der Waals surface area contributed by atoms with Crippen molar-refractivity contribution in [2.45, 2.75) is 26.3 Å². The third-order valence-electron chi connectivity index (χ3n) is 3.33. The molecule has 2 N–H and O–H groups in total. The van der Waals surface area contributed by atoms with Crippen molar-refractivity contribution >= 4 is 6.03 Å². The molecule has 1 heterocycles. The minimum Gasteiger partial charge on any atom is -0.497 e. The van der Waals surface area contributed by atoms with Crippen LogP contribution in [0.5, 0.6) is 17.4 Å². The average Bonchev–Trinajstić information content (AvgIpc) is 2.61. The number of urea groups is 1. The molecule has 0 aliphatic heterocycles. The number of ether oxygens (including phenoxy) is 2. The van der Waals surface area contributed by atoms with E-state index in [1.54, 1.807) is 25.4 Å². The van der Waals surface area contributed by atoms with Crippen LogP contribution in [0.15, 0.2) is 42.6 Å². The second-order valence-corrected chi connectivity index (χ2v) is 5.25. The standard InChI is InChI=1S/C18H23N3O3/c1-3-4-10-19-18(22)21-13-14-8-9-17(20-12-14)24-16-7-5-6-15(11-16)23-2/h5-9,11-12H,3-4,10,13H2,1-2H3,(H2,19,21,22). The number of hydrogen-bond donors (Lipinski definition) is 2. The number of benzene rings is 1. The summed E-state index contributed by atoms with van der Waals surface area (Å²) in [4.78, 5) is 15.8. The van der Waals surface area contributed by atoms with Crippen LogP contribution in [0.1, 0.15) is 25.3 Å². The van der Waals surface area contributed by atoms with Gasteiger partial charge in [-0.2, -0.15) is 0 Å². The summed E-state index contributed by atoms with van der Waals surface area (Å²) in [5.74, 6) is 1.87.